The second kappa shape index (κ2) is 22.0. The number of nitrogens with two attached hydrogens (primary N) is 2. The summed E-state index contributed by atoms with van der Waals surface area (Å²) in [7, 11) is 0. The minimum absolute atomic E-state index is 0.294. The van der Waals surface area contributed by atoms with Crippen LogP contribution in [0, 0.1) is 12.3 Å². The number of nitrogen functional groups attached to an aromatic ring is 2. The number of benzene rings is 1. The topological polar surface area (TPSA) is 123 Å². The Hall–Kier alpha value is -3.83. The summed E-state index contributed by atoms with van der Waals surface area (Å²) in [6.07, 6.45) is 21.0. The fraction of sp³-hybridized carbons (Fsp3) is 0.200. The maximum absolute atomic E-state index is 12.4. The number of carbonyl (C=O) groups excluding carboxylic acids is 2. The zero-order valence-corrected chi connectivity index (χ0v) is 25.0. The number of aromatic nitrogens is 1. The Bertz CT molecular complexity index is 1290. The van der Waals surface area contributed by atoms with Gasteiger partial charge < -0.3 is 16.8 Å². The van der Waals surface area contributed by atoms with Gasteiger partial charge in [-0.05, 0) is 62.8 Å². The molecule has 0 aliphatic heterocycles. The first-order chi connectivity index (χ1) is 19.1. The summed E-state index contributed by atoms with van der Waals surface area (Å²) in [5.41, 5.74) is 14.1. The summed E-state index contributed by atoms with van der Waals surface area (Å²) in [6, 6.07) is 6.28. The molecule has 0 fully saturated rings. The van der Waals surface area contributed by atoms with Crippen molar-refractivity contribution >= 4 is 70.4 Å². The van der Waals surface area contributed by atoms with E-state index in [1.807, 2.05) is 32.1 Å². The summed E-state index contributed by atoms with van der Waals surface area (Å²) in [5, 5.41) is 3.46. The lowest BCUT2D eigenvalue weighted by Gasteiger charge is -2.07. The van der Waals surface area contributed by atoms with Gasteiger partial charge in [0.2, 0.25) is 0 Å². The summed E-state index contributed by atoms with van der Waals surface area (Å²) >= 11 is 17.1. The molecule has 0 aliphatic carbocycles. The molecular weight excluding hydrogens is 569 g/mol. The van der Waals surface area contributed by atoms with Gasteiger partial charge in [-0.15, -0.1) is 23.9 Å². The Morgan fingerprint density at radius 1 is 1.18 bits per heavy atom. The van der Waals surface area contributed by atoms with Gasteiger partial charge in [-0.3, -0.25) is 14.6 Å². The van der Waals surface area contributed by atoms with Crippen molar-refractivity contribution < 1.29 is 9.59 Å². The predicted octanol–water partition coefficient (Wildman–Crippen LogP) is 7.49. The SMILES string of the molecule is C#CC/C=C(\C=C/CC=Nc1cc(N)cnc1N)NC(=O)c1ccc(Cl)c(Cl)c1.C/C=C(\C)C=O.C/C=C\CCl. The molecule has 0 saturated heterocycles. The number of allylic oxidation sites excluding steroid dienone is 7. The molecule has 0 spiro atoms. The van der Waals surface area contributed by atoms with Gasteiger partial charge in [0.15, 0.2) is 0 Å². The maximum atomic E-state index is 12.4. The number of terminal acetylenes is 1. The molecule has 2 aromatic rings. The summed E-state index contributed by atoms with van der Waals surface area (Å²) < 4.78 is 0. The first-order valence-corrected chi connectivity index (χ1v) is 13.3. The molecule has 7 nitrogen and oxygen atoms in total. The number of carbonyl (C=O) groups is 2. The molecule has 0 atom stereocenters. The van der Waals surface area contributed by atoms with Crippen LogP contribution in [0.3, 0.4) is 0 Å². The molecule has 40 heavy (non-hydrogen) atoms. The molecule has 1 amide bonds. The summed E-state index contributed by atoms with van der Waals surface area (Å²) in [6.45, 7) is 5.55. The van der Waals surface area contributed by atoms with Crippen LogP contribution in [0.15, 0.2) is 83.2 Å². The molecule has 0 radical (unpaired) electrons. The van der Waals surface area contributed by atoms with Crippen LogP contribution in [0.25, 0.3) is 0 Å². The van der Waals surface area contributed by atoms with E-state index < -0.39 is 0 Å². The molecule has 212 valence electrons. The third-order valence-electron chi connectivity index (χ3n) is 4.53. The minimum atomic E-state index is -0.330. The number of aldehydes is 1. The molecule has 5 N–H and O–H groups in total. The van der Waals surface area contributed by atoms with Crippen LogP contribution < -0.4 is 16.8 Å². The molecule has 1 aromatic heterocycles. The average Bonchev–Trinajstić information content (AvgIpc) is 2.95. The van der Waals surface area contributed by atoms with Crippen LogP contribution in [0.2, 0.25) is 10.0 Å². The van der Waals surface area contributed by atoms with Gasteiger partial charge >= 0.3 is 0 Å². The zero-order chi connectivity index (χ0) is 30.3. The Morgan fingerprint density at radius 3 is 2.42 bits per heavy atom. The molecule has 0 aliphatic rings. The van der Waals surface area contributed by atoms with Crippen molar-refractivity contribution in [2.75, 3.05) is 17.3 Å². The first kappa shape index (κ1) is 36.2. The molecular formula is C30H34Cl3N5O2. The predicted molar refractivity (Wildman–Crippen MR) is 171 cm³/mol. The molecule has 2 rings (SSSR count). The smallest absolute Gasteiger partial charge is 0.255 e. The number of hydrogen-bond donors (Lipinski definition) is 3. The first-order valence-electron chi connectivity index (χ1n) is 12.0. The number of nitrogens with one attached hydrogen (secondary N) is 1. The van der Waals surface area contributed by atoms with Crippen LogP contribution in [0.4, 0.5) is 17.2 Å². The minimum Gasteiger partial charge on any atom is -0.397 e. The van der Waals surface area contributed by atoms with E-state index in [0.29, 0.717) is 57.2 Å². The van der Waals surface area contributed by atoms with E-state index in [0.717, 1.165) is 11.9 Å². The van der Waals surface area contributed by atoms with Crippen molar-refractivity contribution in [2.45, 2.75) is 33.6 Å². The fourth-order valence-electron chi connectivity index (χ4n) is 2.32. The quantitative estimate of drug-likeness (QED) is 0.0522. The van der Waals surface area contributed by atoms with Gasteiger partial charge in [-0.1, -0.05) is 47.5 Å². The van der Waals surface area contributed by atoms with Gasteiger partial charge in [0.05, 0.1) is 21.9 Å². The second-order valence-corrected chi connectivity index (χ2v) is 8.77. The molecule has 0 saturated carbocycles. The lowest BCUT2D eigenvalue weighted by atomic mass is 10.2. The van der Waals surface area contributed by atoms with E-state index in [4.69, 9.17) is 52.7 Å². The largest absolute Gasteiger partial charge is 0.397 e. The standard InChI is InChI=1S/C21H19Cl2N5O.C5H8O.C4H7Cl/c1-2-3-6-16(28-21(29)14-8-9-17(22)18(23)11-14)7-4-5-10-26-19-12-15(24)13-27-20(19)25;1-3-5(2)4-6;1-2-3-4-5/h1,4,6-13H,3,5,24H2,(H2,25,27)(H,28,29);3-4H,1-2H3;2-3H,4H2,1H3/b7-4-,16-6+,26-10?;5-3+;3-2-. The van der Waals surface area contributed by atoms with Gasteiger partial charge in [-0.2, -0.15) is 0 Å². The Morgan fingerprint density at radius 2 is 1.90 bits per heavy atom. The third kappa shape index (κ3) is 16.2. The number of halogens is 3. The second-order valence-electron chi connectivity index (χ2n) is 7.65. The highest BCUT2D eigenvalue weighted by molar-refractivity contribution is 6.42. The van der Waals surface area contributed by atoms with Crippen molar-refractivity contribution in [1.82, 2.24) is 10.3 Å². The third-order valence-corrected chi connectivity index (χ3v) is 5.45. The maximum Gasteiger partial charge on any atom is 0.255 e. The highest BCUT2D eigenvalue weighted by atomic mass is 35.5. The fourth-order valence-corrected chi connectivity index (χ4v) is 2.79. The number of anilines is 2. The van der Waals surface area contributed by atoms with Crippen LogP contribution in [0.1, 0.15) is 44.0 Å². The number of rotatable bonds is 9. The molecule has 0 bridgehead atoms. The summed E-state index contributed by atoms with van der Waals surface area (Å²) in [4.78, 5) is 30.3. The number of pyridine rings is 1. The van der Waals surface area contributed by atoms with Gasteiger partial charge in [0, 0.05) is 36.2 Å². The van der Waals surface area contributed by atoms with E-state index in [1.54, 1.807) is 49.6 Å². The highest BCUT2D eigenvalue weighted by Crippen LogP contribution is 2.23. The number of alkyl halides is 1. The zero-order valence-electron chi connectivity index (χ0n) is 22.7. The van der Waals surface area contributed by atoms with E-state index in [2.05, 4.69) is 21.2 Å². The normalized spacial score (nSPS) is 11.4. The number of amides is 1. The highest BCUT2D eigenvalue weighted by Gasteiger charge is 2.08. The van der Waals surface area contributed by atoms with Crippen LogP contribution >= 0.6 is 34.8 Å². The Balaban J connectivity index is 0.00000117. The number of hydrogen-bond acceptors (Lipinski definition) is 6. The van der Waals surface area contributed by atoms with Crippen LogP contribution in [-0.4, -0.2) is 29.3 Å². The van der Waals surface area contributed by atoms with Crippen LogP contribution in [0.5, 0.6) is 0 Å². The number of aliphatic imine (C=N–C) groups is 1. The molecule has 1 aromatic carbocycles. The van der Waals surface area contributed by atoms with Gasteiger partial charge in [0.1, 0.15) is 17.8 Å². The Labute approximate surface area is 251 Å². The monoisotopic (exact) mass is 601 g/mol. The van der Waals surface area contributed by atoms with Gasteiger partial charge in [0.25, 0.3) is 5.91 Å². The van der Waals surface area contributed by atoms with Crippen LogP contribution in [-0.2, 0) is 4.79 Å². The van der Waals surface area contributed by atoms with Crippen molar-refractivity contribution in [3.63, 3.8) is 0 Å². The van der Waals surface area contributed by atoms with E-state index >= 15 is 0 Å². The molecule has 10 heteroatoms. The van der Waals surface area contributed by atoms with E-state index in [-0.39, 0.29) is 5.91 Å². The lowest BCUT2D eigenvalue weighted by molar-refractivity contribution is -0.104. The van der Waals surface area contributed by atoms with E-state index in [1.165, 1.54) is 12.3 Å². The molecule has 0 unspecified atom stereocenters. The van der Waals surface area contributed by atoms with E-state index in [9.17, 15) is 9.59 Å². The van der Waals surface area contributed by atoms with Gasteiger partial charge in [-0.25, -0.2) is 4.98 Å². The van der Waals surface area contributed by atoms with Crippen molar-refractivity contribution in [2.24, 2.45) is 4.99 Å². The Kier molecular flexibility index (Phi) is 19.9. The van der Waals surface area contributed by atoms with Crippen molar-refractivity contribution in [3.05, 3.63) is 93.8 Å². The summed E-state index contributed by atoms with van der Waals surface area (Å²) in [5.74, 6) is 3.10. The van der Waals surface area contributed by atoms with Crippen molar-refractivity contribution in [3.8, 4) is 12.3 Å². The lowest BCUT2D eigenvalue weighted by Crippen LogP contribution is -2.21. The van der Waals surface area contributed by atoms with Crippen molar-refractivity contribution in [1.29, 1.82) is 0 Å². The average molecular weight is 603 g/mol. The number of nitrogens with zero attached hydrogens (tertiary/aromatic N) is 2. The molecule has 1 heterocycles.